The summed E-state index contributed by atoms with van der Waals surface area (Å²) in [5.74, 6) is 0.776. The molecule has 0 heterocycles. The molecule has 2 rings (SSSR count). The van der Waals surface area contributed by atoms with Gasteiger partial charge in [-0.3, -0.25) is 0 Å². The van der Waals surface area contributed by atoms with Crippen LogP contribution in [-0.4, -0.2) is 6.61 Å². The first-order chi connectivity index (χ1) is 8.60. The third-order valence-electron chi connectivity index (χ3n) is 2.45. The zero-order chi connectivity index (χ0) is 13.1. The lowest BCUT2D eigenvalue weighted by atomic mass is 10.1. The molecule has 0 N–H and O–H groups in total. The molecule has 0 unspecified atom stereocenters. The highest BCUT2D eigenvalue weighted by Gasteiger charge is 2.05. The van der Waals surface area contributed by atoms with Crippen LogP contribution in [0.3, 0.4) is 0 Å². The molecule has 94 valence electrons. The third kappa shape index (κ3) is 3.14. The number of thiol groups is 1. The van der Waals surface area contributed by atoms with Crippen LogP contribution in [0.5, 0.6) is 5.75 Å². The van der Waals surface area contributed by atoms with Gasteiger partial charge in [-0.15, -0.1) is 12.6 Å². The van der Waals surface area contributed by atoms with Crippen LogP contribution in [0.15, 0.2) is 41.3 Å². The van der Waals surface area contributed by atoms with Gasteiger partial charge in [-0.25, -0.2) is 0 Å². The van der Waals surface area contributed by atoms with Gasteiger partial charge in [0.1, 0.15) is 5.75 Å². The van der Waals surface area contributed by atoms with E-state index in [2.05, 4.69) is 12.6 Å². The van der Waals surface area contributed by atoms with Crippen molar-refractivity contribution in [2.75, 3.05) is 6.61 Å². The zero-order valence-electron chi connectivity index (χ0n) is 9.78. The fourth-order valence-electron chi connectivity index (χ4n) is 1.69. The van der Waals surface area contributed by atoms with Crippen molar-refractivity contribution in [3.8, 4) is 16.9 Å². The van der Waals surface area contributed by atoms with Gasteiger partial charge in [0.25, 0.3) is 0 Å². The number of hydrogen-bond acceptors (Lipinski definition) is 2. The van der Waals surface area contributed by atoms with E-state index in [1.54, 1.807) is 6.07 Å². The molecule has 1 nitrogen and oxygen atoms in total. The van der Waals surface area contributed by atoms with E-state index in [-0.39, 0.29) is 0 Å². The fraction of sp³-hybridized carbons (Fsp3) is 0.143. The lowest BCUT2D eigenvalue weighted by Crippen LogP contribution is -1.92. The van der Waals surface area contributed by atoms with Gasteiger partial charge < -0.3 is 4.74 Å². The molecule has 2 aromatic rings. The second kappa shape index (κ2) is 5.87. The van der Waals surface area contributed by atoms with Crippen molar-refractivity contribution in [1.29, 1.82) is 0 Å². The van der Waals surface area contributed by atoms with Crippen LogP contribution in [-0.2, 0) is 0 Å². The first kappa shape index (κ1) is 13.6. The number of rotatable bonds is 3. The van der Waals surface area contributed by atoms with E-state index in [1.807, 2.05) is 37.3 Å². The van der Waals surface area contributed by atoms with Gasteiger partial charge in [-0.2, -0.15) is 0 Å². The summed E-state index contributed by atoms with van der Waals surface area (Å²) in [4.78, 5) is 0.797. The van der Waals surface area contributed by atoms with E-state index in [0.717, 1.165) is 21.8 Å². The van der Waals surface area contributed by atoms with Crippen molar-refractivity contribution in [1.82, 2.24) is 0 Å². The molecular formula is C14H12Cl2OS. The largest absolute Gasteiger partial charge is 0.493 e. The second-order valence-electron chi connectivity index (χ2n) is 3.77. The zero-order valence-corrected chi connectivity index (χ0v) is 12.2. The summed E-state index contributed by atoms with van der Waals surface area (Å²) < 4.78 is 5.45. The van der Waals surface area contributed by atoms with E-state index in [4.69, 9.17) is 27.9 Å². The van der Waals surface area contributed by atoms with Gasteiger partial charge in [-0.1, -0.05) is 29.3 Å². The van der Waals surface area contributed by atoms with Crippen LogP contribution in [0.2, 0.25) is 10.0 Å². The molecule has 0 aliphatic rings. The van der Waals surface area contributed by atoms with E-state index >= 15 is 0 Å². The maximum atomic E-state index is 5.99. The van der Waals surface area contributed by atoms with Crippen molar-refractivity contribution < 1.29 is 4.74 Å². The average molecular weight is 299 g/mol. The molecule has 0 amide bonds. The van der Waals surface area contributed by atoms with Gasteiger partial charge in [-0.05, 0) is 48.4 Å². The highest BCUT2D eigenvalue weighted by Crippen LogP contribution is 2.32. The standard InChI is InChI=1S/C14H12Cl2OS/c1-2-17-13-4-3-9(7-14(13)18)10-5-11(15)8-12(16)6-10/h3-8,18H,2H2,1H3. The first-order valence-corrected chi connectivity index (χ1v) is 6.72. The van der Waals surface area contributed by atoms with Crippen molar-refractivity contribution in [2.45, 2.75) is 11.8 Å². The predicted molar refractivity (Wildman–Crippen MR) is 80.3 cm³/mol. The summed E-state index contributed by atoms with van der Waals surface area (Å²) in [6.45, 7) is 2.56. The topological polar surface area (TPSA) is 9.23 Å². The molecular weight excluding hydrogens is 287 g/mol. The van der Waals surface area contributed by atoms with Crippen LogP contribution >= 0.6 is 35.8 Å². The van der Waals surface area contributed by atoms with E-state index in [0.29, 0.717) is 16.7 Å². The molecule has 0 aliphatic carbocycles. The molecule has 2 aromatic carbocycles. The summed E-state index contributed by atoms with van der Waals surface area (Å²) in [5.41, 5.74) is 1.97. The maximum Gasteiger partial charge on any atom is 0.132 e. The van der Waals surface area contributed by atoms with Crippen LogP contribution in [0.4, 0.5) is 0 Å². The fourth-order valence-corrected chi connectivity index (χ4v) is 2.50. The number of hydrogen-bond donors (Lipinski definition) is 1. The molecule has 0 radical (unpaired) electrons. The summed E-state index contributed by atoms with van der Waals surface area (Å²) in [7, 11) is 0. The lowest BCUT2D eigenvalue weighted by Gasteiger charge is -2.09. The van der Waals surface area contributed by atoms with Crippen LogP contribution in [0.25, 0.3) is 11.1 Å². The van der Waals surface area contributed by atoms with Crippen LogP contribution in [0.1, 0.15) is 6.92 Å². The highest BCUT2D eigenvalue weighted by molar-refractivity contribution is 7.80. The minimum atomic E-state index is 0.618. The summed E-state index contributed by atoms with van der Waals surface area (Å²) in [6, 6.07) is 11.3. The molecule has 0 saturated heterocycles. The third-order valence-corrected chi connectivity index (χ3v) is 3.24. The SMILES string of the molecule is CCOc1ccc(-c2cc(Cl)cc(Cl)c2)cc1S. The van der Waals surface area contributed by atoms with Crippen molar-refractivity contribution >= 4 is 35.8 Å². The Morgan fingerprint density at radius 3 is 2.22 bits per heavy atom. The van der Waals surface area contributed by atoms with Crippen molar-refractivity contribution in [2.24, 2.45) is 0 Å². The Morgan fingerprint density at radius 2 is 1.67 bits per heavy atom. The smallest absolute Gasteiger partial charge is 0.132 e. The minimum absolute atomic E-state index is 0.618. The predicted octanol–water partition coefficient (Wildman–Crippen LogP) is 5.35. The van der Waals surface area contributed by atoms with Gasteiger partial charge in [0, 0.05) is 14.9 Å². The van der Waals surface area contributed by atoms with E-state index in [1.165, 1.54) is 0 Å². The number of benzene rings is 2. The second-order valence-corrected chi connectivity index (χ2v) is 5.13. The summed E-state index contributed by atoms with van der Waals surface area (Å²) in [5, 5.41) is 1.24. The van der Waals surface area contributed by atoms with Gasteiger partial charge in [0.15, 0.2) is 0 Å². The first-order valence-electron chi connectivity index (χ1n) is 5.52. The number of ether oxygens (including phenoxy) is 1. The Balaban J connectivity index is 2.42. The Kier molecular flexibility index (Phi) is 4.44. The van der Waals surface area contributed by atoms with Crippen LogP contribution in [0, 0.1) is 0 Å². The molecule has 0 atom stereocenters. The molecule has 0 aromatic heterocycles. The summed E-state index contributed by atoms with van der Waals surface area (Å²) >= 11 is 16.4. The van der Waals surface area contributed by atoms with Gasteiger partial charge >= 0.3 is 0 Å². The quantitative estimate of drug-likeness (QED) is 0.752. The molecule has 4 heteroatoms. The minimum Gasteiger partial charge on any atom is -0.493 e. The molecule has 0 fully saturated rings. The Labute approximate surface area is 122 Å². The highest BCUT2D eigenvalue weighted by atomic mass is 35.5. The lowest BCUT2D eigenvalue weighted by molar-refractivity contribution is 0.332. The molecule has 18 heavy (non-hydrogen) atoms. The van der Waals surface area contributed by atoms with Crippen LogP contribution < -0.4 is 4.74 Å². The van der Waals surface area contributed by atoms with Gasteiger partial charge in [0.05, 0.1) is 6.61 Å². The maximum absolute atomic E-state index is 5.99. The van der Waals surface area contributed by atoms with E-state index in [9.17, 15) is 0 Å². The Morgan fingerprint density at radius 1 is 1.00 bits per heavy atom. The molecule has 0 bridgehead atoms. The van der Waals surface area contributed by atoms with Crippen molar-refractivity contribution in [3.05, 3.63) is 46.4 Å². The monoisotopic (exact) mass is 298 g/mol. The molecule has 0 spiro atoms. The Hall–Kier alpha value is -0.830. The van der Waals surface area contributed by atoms with Gasteiger partial charge in [0.2, 0.25) is 0 Å². The average Bonchev–Trinajstić information content (AvgIpc) is 2.30. The van der Waals surface area contributed by atoms with Crippen molar-refractivity contribution in [3.63, 3.8) is 0 Å². The summed E-state index contributed by atoms with van der Waals surface area (Å²) in [6.07, 6.45) is 0. The molecule has 0 aliphatic heterocycles. The Bertz CT molecular complexity index is 549. The molecule has 0 saturated carbocycles. The number of halogens is 2. The van der Waals surface area contributed by atoms with E-state index < -0.39 is 0 Å². The normalized spacial score (nSPS) is 10.4.